The number of rotatable bonds is 5. The first-order valence-corrected chi connectivity index (χ1v) is 6.91. The van der Waals surface area contributed by atoms with Crippen molar-refractivity contribution in [2.45, 2.75) is 31.8 Å². The van der Waals surface area contributed by atoms with Crippen molar-refractivity contribution in [3.8, 4) is 0 Å². The van der Waals surface area contributed by atoms with Gasteiger partial charge in [0, 0.05) is 6.04 Å². The van der Waals surface area contributed by atoms with E-state index in [1.807, 2.05) is 30.3 Å². The smallest absolute Gasteiger partial charge is 0.227 e. The molecule has 104 valence electrons. The van der Waals surface area contributed by atoms with Crippen molar-refractivity contribution < 1.29 is 9.53 Å². The normalized spacial score (nSPS) is 24.1. The second kappa shape index (κ2) is 6.68. The number of amides is 1. The Morgan fingerprint density at radius 3 is 2.74 bits per heavy atom. The predicted octanol–water partition coefficient (Wildman–Crippen LogP) is 1.62. The van der Waals surface area contributed by atoms with E-state index in [4.69, 9.17) is 10.5 Å². The lowest BCUT2D eigenvalue weighted by atomic mass is 9.99. The van der Waals surface area contributed by atoms with Crippen LogP contribution in [0.5, 0.6) is 0 Å². The van der Waals surface area contributed by atoms with Crippen molar-refractivity contribution in [3.05, 3.63) is 35.9 Å². The molecule has 2 rings (SSSR count). The molecule has 0 aliphatic carbocycles. The Labute approximate surface area is 114 Å². The van der Waals surface area contributed by atoms with Crippen LogP contribution in [0, 0.1) is 5.92 Å². The zero-order chi connectivity index (χ0) is 13.7. The molecule has 0 aromatic heterocycles. The summed E-state index contributed by atoms with van der Waals surface area (Å²) in [6, 6.07) is 9.94. The van der Waals surface area contributed by atoms with Crippen molar-refractivity contribution in [2.75, 3.05) is 13.2 Å². The van der Waals surface area contributed by atoms with Gasteiger partial charge >= 0.3 is 0 Å². The zero-order valence-electron chi connectivity index (χ0n) is 11.3. The molecule has 0 saturated carbocycles. The van der Waals surface area contributed by atoms with Crippen LogP contribution in [0.4, 0.5) is 0 Å². The molecule has 1 aromatic carbocycles. The summed E-state index contributed by atoms with van der Waals surface area (Å²) in [6.45, 7) is 3.02. The Morgan fingerprint density at radius 1 is 1.42 bits per heavy atom. The molecule has 1 fully saturated rings. The first-order valence-electron chi connectivity index (χ1n) is 6.91. The first-order chi connectivity index (χ1) is 9.22. The third-order valence-electron chi connectivity index (χ3n) is 3.56. The summed E-state index contributed by atoms with van der Waals surface area (Å²) in [7, 11) is 0. The van der Waals surface area contributed by atoms with E-state index >= 15 is 0 Å². The van der Waals surface area contributed by atoms with Gasteiger partial charge in [-0.1, -0.05) is 43.7 Å². The van der Waals surface area contributed by atoms with Crippen LogP contribution in [0.15, 0.2) is 30.3 Å². The lowest BCUT2D eigenvalue weighted by Gasteiger charge is -2.21. The monoisotopic (exact) mass is 262 g/mol. The maximum absolute atomic E-state index is 12.2. The summed E-state index contributed by atoms with van der Waals surface area (Å²) in [5, 5.41) is 3.11. The number of nitrogens with two attached hydrogens (primary N) is 1. The SMILES string of the molecule is CCCC(NC(=O)C1COCC1N)c1ccccc1. The van der Waals surface area contributed by atoms with E-state index in [1.165, 1.54) is 0 Å². The molecule has 1 saturated heterocycles. The number of hydrogen-bond donors (Lipinski definition) is 2. The molecule has 0 spiro atoms. The molecule has 3 atom stereocenters. The highest BCUT2D eigenvalue weighted by Crippen LogP contribution is 2.20. The Balaban J connectivity index is 2.02. The molecule has 1 amide bonds. The number of hydrogen-bond acceptors (Lipinski definition) is 3. The van der Waals surface area contributed by atoms with E-state index in [2.05, 4.69) is 12.2 Å². The lowest BCUT2D eigenvalue weighted by molar-refractivity contribution is -0.126. The van der Waals surface area contributed by atoms with E-state index in [0.29, 0.717) is 13.2 Å². The zero-order valence-corrected chi connectivity index (χ0v) is 11.3. The highest BCUT2D eigenvalue weighted by atomic mass is 16.5. The molecule has 0 radical (unpaired) electrons. The second-order valence-electron chi connectivity index (χ2n) is 5.07. The summed E-state index contributed by atoms with van der Waals surface area (Å²) in [5.74, 6) is -0.213. The fourth-order valence-corrected chi connectivity index (χ4v) is 2.42. The van der Waals surface area contributed by atoms with Crippen LogP contribution in [-0.2, 0) is 9.53 Å². The fourth-order valence-electron chi connectivity index (χ4n) is 2.42. The highest BCUT2D eigenvalue weighted by molar-refractivity contribution is 5.80. The van der Waals surface area contributed by atoms with Crippen LogP contribution in [-0.4, -0.2) is 25.2 Å². The molecule has 4 heteroatoms. The van der Waals surface area contributed by atoms with E-state index in [-0.39, 0.29) is 23.9 Å². The van der Waals surface area contributed by atoms with E-state index < -0.39 is 0 Å². The summed E-state index contributed by atoms with van der Waals surface area (Å²) in [6.07, 6.45) is 1.95. The van der Waals surface area contributed by atoms with Crippen molar-refractivity contribution >= 4 is 5.91 Å². The topological polar surface area (TPSA) is 64.3 Å². The number of benzene rings is 1. The minimum Gasteiger partial charge on any atom is -0.379 e. The van der Waals surface area contributed by atoms with Gasteiger partial charge in [-0.3, -0.25) is 4.79 Å². The molecule has 1 aromatic rings. The van der Waals surface area contributed by atoms with Gasteiger partial charge in [0.2, 0.25) is 5.91 Å². The average molecular weight is 262 g/mol. The quantitative estimate of drug-likeness (QED) is 0.847. The van der Waals surface area contributed by atoms with Crippen LogP contribution < -0.4 is 11.1 Å². The van der Waals surface area contributed by atoms with Crippen LogP contribution in [0.2, 0.25) is 0 Å². The Bertz CT molecular complexity index is 408. The minimum absolute atomic E-state index is 0.00676. The van der Waals surface area contributed by atoms with Gasteiger partial charge in [-0.25, -0.2) is 0 Å². The third-order valence-corrected chi connectivity index (χ3v) is 3.56. The molecule has 19 heavy (non-hydrogen) atoms. The largest absolute Gasteiger partial charge is 0.379 e. The van der Waals surface area contributed by atoms with Gasteiger partial charge < -0.3 is 15.8 Å². The van der Waals surface area contributed by atoms with Crippen LogP contribution in [0.25, 0.3) is 0 Å². The standard InChI is InChI=1S/C15H22N2O2/c1-2-6-14(11-7-4-3-5-8-11)17-15(18)12-9-19-10-13(12)16/h3-5,7-8,12-14H,2,6,9-10,16H2,1H3,(H,17,18). The molecule has 1 heterocycles. The van der Waals surface area contributed by atoms with Crippen LogP contribution >= 0.6 is 0 Å². The van der Waals surface area contributed by atoms with Crippen LogP contribution in [0.1, 0.15) is 31.4 Å². The Hall–Kier alpha value is -1.39. The number of carbonyl (C=O) groups is 1. The number of ether oxygens (including phenoxy) is 1. The molecule has 3 unspecified atom stereocenters. The van der Waals surface area contributed by atoms with Crippen molar-refractivity contribution in [3.63, 3.8) is 0 Å². The van der Waals surface area contributed by atoms with Gasteiger partial charge in [0.1, 0.15) is 0 Å². The van der Waals surface area contributed by atoms with Gasteiger partial charge in [-0.05, 0) is 12.0 Å². The Morgan fingerprint density at radius 2 is 2.16 bits per heavy atom. The van der Waals surface area contributed by atoms with Crippen molar-refractivity contribution in [1.82, 2.24) is 5.32 Å². The van der Waals surface area contributed by atoms with Gasteiger partial charge in [0.05, 0.1) is 25.2 Å². The highest BCUT2D eigenvalue weighted by Gasteiger charge is 2.32. The lowest BCUT2D eigenvalue weighted by Crippen LogP contribution is -2.42. The second-order valence-corrected chi connectivity index (χ2v) is 5.07. The molecular weight excluding hydrogens is 240 g/mol. The maximum atomic E-state index is 12.2. The molecule has 1 aliphatic heterocycles. The van der Waals surface area contributed by atoms with Gasteiger partial charge in [0.25, 0.3) is 0 Å². The summed E-state index contributed by atoms with van der Waals surface area (Å²) in [4.78, 5) is 12.2. The van der Waals surface area contributed by atoms with Gasteiger partial charge in [-0.2, -0.15) is 0 Å². The Kier molecular flexibility index (Phi) is 4.93. The van der Waals surface area contributed by atoms with E-state index in [0.717, 1.165) is 18.4 Å². The third kappa shape index (κ3) is 3.55. The van der Waals surface area contributed by atoms with E-state index in [1.54, 1.807) is 0 Å². The van der Waals surface area contributed by atoms with Crippen LogP contribution in [0.3, 0.4) is 0 Å². The van der Waals surface area contributed by atoms with Crippen molar-refractivity contribution in [2.24, 2.45) is 11.7 Å². The summed E-state index contributed by atoms with van der Waals surface area (Å²) >= 11 is 0. The fraction of sp³-hybridized carbons (Fsp3) is 0.533. The first kappa shape index (κ1) is 14.0. The summed E-state index contributed by atoms with van der Waals surface area (Å²) in [5.41, 5.74) is 7.03. The summed E-state index contributed by atoms with van der Waals surface area (Å²) < 4.78 is 5.25. The number of carbonyl (C=O) groups excluding carboxylic acids is 1. The molecule has 4 nitrogen and oxygen atoms in total. The maximum Gasteiger partial charge on any atom is 0.227 e. The van der Waals surface area contributed by atoms with Gasteiger partial charge in [0.15, 0.2) is 0 Å². The number of nitrogens with one attached hydrogen (secondary N) is 1. The minimum atomic E-state index is -0.219. The average Bonchev–Trinajstić information content (AvgIpc) is 2.85. The molecule has 3 N–H and O–H groups in total. The van der Waals surface area contributed by atoms with E-state index in [9.17, 15) is 4.79 Å². The molecular formula is C15H22N2O2. The molecule has 1 aliphatic rings. The molecule has 0 bridgehead atoms. The van der Waals surface area contributed by atoms with Crippen molar-refractivity contribution in [1.29, 1.82) is 0 Å². The van der Waals surface area contributed by atoms with Gasteiger partial charge in [-0.15, -0.1) is 0 Å². The predicted molar refractivity (Wildman–Crippen MR) is 74.5 cm³/mol.